The van der Waals surface area contributed by atoms with Gasteiger partial charge in [-0.25, -0.2) is 9.78 Å². The standard InChI is InChI=1S/C16H12F3N3OS/c1-9-2-5-11(6-3-9)20-14(23)22-15-21-12-8-10(16(17,18)19)4-7-13(12)24-15/h2-8H,1H3,(H2,20,21,22,23). The van der Waals surface area contributed by atoms with Crippen LogP contribution in [0.3, 0.4) is 0 Å². The van der Waals surface area contributed by atoms with Crippen LogP contribution in [0.25, 0.3) is 10.2 Å². The molecule has 2 aromatic carbocycles. The number of halogens is 3. The molecule has 124 valence electrons. The molecule has 8 heteroatoms. The highest BCUT2D eigenvalue weighted by molar-refractivity contribution is 7.22. The summed E-state index contributed by atoms with van der Waals surface area (Å²) in [6, 6.07) is 10.0. The number of amides is 2. The lowest BCUT2D eigenvalue weighted by Crippen LogP contribution is -2.19. The number of benzene rings is 2. The number of rotatable bonds is 2. The van der Waals surface area contributed by atoms with Gasteiger partial charge >= 0.3 is 12.2 Å². The maximum absolute atomic E-state index is 12.7. The number of aromatic nitrogens is 1. The molecule has 2 amide bonds. The van der Waals surface area contributed by atoms with Crippen LogP contribution in [0.2, 0.25) is 0 Å². The Morgan fingerprint density at radius 3 is 2.46 bits per heavy atom. The van der Waals surface area contributed by atoms with Gasteiger partial charge in [-0.2, -0.15) is 13.2 Å². The largest absolute Gasteiger partial charge is 0.416 e. The van der Waals surface area contributed by atoms with Gasteiger partial charge in [0.1, 0.15) is 0 Å². The number of thiazole rings is 1. The molecule has 0 aliphatic carbocycles. The number of urea groups is 1. The van der Waals surface area contributed by atoms with Crippen molar-refractivity contribution in [2.24, 2.45) is 0 Å². The van der Waals surface area contributed by atoms with Gasteiger partial charge in [0.25, 0.3) is 0 Å². The zero-order valence-electron chi connectivity index (χ0n) is 12.4. The first-order chi connectivity index (χ1) is 11.3. The molecule has 24 heavy (non-hydrogen) atoms. The van der Waals surface area contributed by atoms with Crippen LogP contribution in [-0.2, 0) is 6.18 Å². The Balaban J connectivity index is 1.75. The van der Waals surface area contributed by atoms with Gasteiger partial charge in [0.05, 0.1) is 15.8 Å². The highest BCUT2D eigenvalue weighted by Gasteiger charge is 2.30. The smallest absolute Gasteiger partial charge is 0.308 e. The molecule has 0 aliphatic rings. The Bertz CT molecular complexity index is 888. The van der Waals surface area contributed by atoms with Crippen LogP contribution in [0.4, 0.5) is 28.8 Å². The molecule has 0 saturated heterocycles. The fourth-order valence-corrected chi connectivity index (χ4v) is 2.89. The van der Waals surface area contributed by atoms with E-state index in [0.29, 0.717) is 10.4 Å². The van der Waals surface area contributed by atoms with E-state index in [4.69, 9.17) is 0 Å². The molecule has 1 aromatic heterocycles. The maximum Gasteiger partial charge on any atom is 0.416 e. The molecule has 0 unspecified atom stereocenters. The predicted molar refractivity (Wildman–Crippen MR) is 88.4 cm³/mol. The molecule has 0 fully saturated rings. The summed E-state index contributed by atoms with van der Waals surface area (Å²) in [5, 5.41) is 5.39. The number of fused-ring (bicyclic) bond motifs is 1. The zero-order valence-corrected chi connectivity index (χ0v) is 13.3. The quantitative estimate of drug-likeness (QED) is 0.661. The van der Waals surface area contributed by atoms with Gasteiger partial charge in [0.2, 0.25) is 0 Å². The Labute approximate surface area is 139 Å². The normalized spacial score (nSPS) is 11.5. The van der Waals surface area contributed by atoms with E-state index >= 15 is 0 Å². The number of nitrogens with zero attached hydrogens (tertiary/aromatic N) is 1. The van der Waals surface area contributed by atoms with Crippen molar-refractivity contribution in [3.63, 3.8) is 0 Å². The Morgan fingerprint density at radius 2 is 1.79 bits per heavy atom. The average molecular weight is 351 g/mol. The van der Waals surface area contributed by atoms with Crippen molar-refractivity contribution in [1.82, 2.24) is 4.98 Å². The predicted octanol–water partition coefficient (Wildman–Crippen LogP) is 5.27. The van der Waals surface area contributed by atoms with Crippen LogP contribution >= 0.6 is 11.3 Å². The van der Waals surface area contributed by atoms with Gasteiger partial charge in [-0.1, -0.05) is 29.0 Å². The summed E-state index contributed by atoms with van der Waals surface area (Å²) in [6.07, 6.45) is -4.42. The lowest BCUT2D eigenvalue weighted by molar-refractivity contribution is -0.137. The first-order valence-corrected chi connectivity index (χ1v) is 7.75. The molecule has 3 aromatic rings. The maximum atomic E-state index is 12.7. The number of anilines is 2. The Kier molecular flexibility index (Phi) is 4.15. The second-order valence-corrected chi connectivity index (χ2v) is 6.18. The highest BCUT2D eigenvalue weighted by atomic mass is 32.1. The summed E-state index contributed by atoms with van der Waals surface area (Å²) in [5.74, 6) is 0. The van der Waals surface area contributed by atoms with Gasteiger partial charge < -0.3 is 5.32 Å². The van der Waals surface area contributed by atoms with E-state index in [1.807, 2.05) is 19.1 Å². The fourth-order valence-electron chi connectivity index (χ4n) is 2.05. The number of hydrogen-bond donors (Lipinski definition) is 2. The van der Waals surface area contributed by atoms with Crippen molar-refractivity contribution in [3.05, 3.63) is 53.6 Å². The number of alkyl halides is 3. The number of carbonyl (C=O) groups is 1. The third kappa shape index (κ3) is 3.65. The monoisotopic (exact) mass is 351 g/mol. The van der Waals surface area contributed by atoms with Crippen LogP contribution in [0, 0.1) is 6.92 Å². The van der Waals surface area contributed by atoms with E-state index in [1.165, 1.54) is 6.07 Å². The van der Waals surface area contributed by atoms with Crippen LogP contribution in [0.5, 0.6) is 0 Å². The van der Waals surface area contributed by atoms with Crippen LogP contribution < -0.4 is 10.6 Å². The lowest BCUT2D eigenvalue weighted by atomic mass is 10.2. The number of nitrogens with one attached hydrogen (secondary N) is 2. The average Bonchev–Trinajstić information content (AvgIpc) is 2.89. The van der Waals surface area contributed by atoms with E-state index in [1.54, 1.807) is 12.1 Å². The minimum atomic E-state index is -4.42. The molecule has 0 spiro atoms. The molecule has 0 radical (unpaired) electrons. The second kappa shape index (κ2) is 6.12. The highest BCUT2D eigenvalue weighted by Crippen LogP contribution is 2.34. The molecular weight excluding hydrogens is 339 g/mol. The van der Waals surface area contributed by atoms with Gasteiger partial charge in [-0.15, -0.1) is 0 Å². The minimum Gasteiger partial charge on any atom is -0.308 e. The van der Waals surface area contributed by atoms with E-state index in [2.05, 4.69) is 15.6 Å². The number of aryl methyl sites for hydroxylation is 1. The first kappa shape index (κ1) is 16.3. The van der Waals surface area contributed by atoms with Crippen molar-refractivity contribution < 1.29 is 18.0 Å². The van der Waals surface area contributed by atoms with E-state index in [9.17, 15) is 18.0 Å². The van der Waals surface area contributed by atoms with Gasteiger partial charge in [0, 0.05) is 5.69 Å². The minimum absolute atomic E-state index is 0.195. The molecule has 2 N–H and O–H groups in total. The van der Waals surface area contributed by atoms with E-state index in [0.717, 1.165) is 29.0 Å². The van der Waals surface area contributed by atoms with Gasteiger partial charge in [-0.05, 0) is 37.3 Å². The third-order valence-electron chi connectivity index (χ3n) is 3.24. The van der Waals surface area contributed by atoms with E-state index in [-0.39, 0.29) is 10.6 Å². The summed E-state index contributed by atoms with van der Waals surface area (Å²) in [6.45, 7) is 1.93. The molecule has 3 rings (SSSR count). The zero-order chi connectivity index (χ0) is 17.3. The van der Waals surface area contributed by atoms with Gasteiger partial charge in [-0.3, -0.25) is 5.32 Å². The molecule has 1 heterocycles. The SMILES string of the molecule is Cc1ccc(NC(=O)Nc2nc3cc(C(F)(F)F)ccc3s2)cc1. The summed E-state index contributed by atoms with van der Waals surface area (Å²) in [5.41, 5.74) is 1.10. The van der Waals surface area contributed by atoms with Crippen molar-refractivity contribution >= 4 is 38.4 Å². The third-order valence-corrected chi connectivity index (χ3v) is 4.20. The molecule has 0 saturated carbocycles. The molecule has 0 atom stereocenters. The van der Waals surface area contributed by atoms with Crippen LogP contribution in [0.15, 0.2) is 42.5 Å². The molecular formula is C16H12F3N3OS. The van der Waals surface area contributed by atoms with Crippen molar-refractivity contribution in [1.29, 1.82) is 0 Å². The summed E-state index contributed by atoms with van der Waals surface area (Å²) in [7, 11) is 0. The first-order valence-electron chi connectivity index (χ1n) is 6.94. The van der Waals surface area contributed by atoms with E-state index < -0.39 is 17.8 Å². The van der Waals surface area contributed by atoms with Crippen LogP contribution in [-0.4, -0.2) is 11.0 Å². The summed E-state index contributed by atoms with van der Waals surface area (Å²) < 4.78 is 38.7. The molecule has 0 bridgehead atoms. The lowest BCUT2D eigenvalue weighted by Gasteiger charge is -2.05. The van der Waals surface area contributed by atoms with Crippen molar-refractivity contribution in [2.75, 3.05) is 10.6 Å². The Morgan fingerprint density at radius 1 is 1.08 bits per heavy atom. The fraction of sp³-hybridized carbons (Fsp3) is 0.125. The summed E-state index contributed by atoms with van der Waals surface area (Å²) in [4.78, 5) is 16.0. The van der Waals surface area contributed by atoms with Crippen molar-refractivity contribution in [2.45, 2.75) is 13.1 Å². The van der Waals surface area contributed by atoms with Crippen LogP contribution in [0.1, 0.15) is 11.1 Å². The number of hydrogen-bond acceptors (Lipinski definition) is 3. The molecule has 4 nitrogen and oxygen atoms in total. The topological polar surface area (TPSA) is 54.0 Å². The number of carbonyl (C=O) groups excluding carboxylic acids is 1. The van der Waals surface area contributed by atoms with Crippen molar-refractivity contribution in [3.8, 4) is 0 Å². The Hall–Kier alpha value is -2.61. The summed E-state index contributed by atoms with van der Waals surface area (Å²) >= 11 is 1.11. The van der Waals surface area contributed by atoms with Gasteiger partial charge in [0.15, 0.2) is 5.13 Å². The molecule has 0 aliphatic heterocycles. The second-order valence-electron chi connectivity index (χ2n) is 5.14.